The number of carbonyl (C=O) groups is 1. The van der Waals surface area contributed by atoms with Crippen molar-refractivity contribution in [2.75, 3.05) is 32.6 Å². The summed E-state index contributed by atoms with van der Waals surface area (Å²) in [7, 11) is 3.16. The van der Waals surface area contributed by atoms with Crippen molar-refractivity contribution >= 4 is 41.5 Å². The molecule has 0 bridgehead atoms. The molecule has 0 heterocycles. The number of aliphatic imine (C=N–C) groups is 1. The first kappa shape index (κ1) is 22.3. The van der Waals surface area contributed by atoms with Gasteiger partial charge in [0.15, 0.2) is 17.5 Å². The average Bonchev–Trinajstić information content (AvgIpc) is 2.53. The topological polar surface area (TPSA) is 98.0 Å². The molecule has 136 valence electrons. The second kappa shape index (κ2) is 11.8. The Labute approximate surface area is 160 Å². The number of carbonyl (C=O) groups excluding carboxylic acids is 1. The highest BCUT2D eigenvalue weighted by molar-refractivity contribution is 14.0. The molecule has 0 fully saturated rings. The van der Waals surface area contributed by atoms with Crippen LogP contribution in [0.3, 0.4) is 0 Å². The number of halogens is 1. The molecule has 0 saturated heterocycles. The zero-order valence-electron chi connectivity index (χ0n) is 14.6. The highest BCUT2D eigenvalue weighted by Gasteiger charge is 2.06. The fourth-order valence-corrected chi connectivity index (χ4v) is 1.80. The molecule has 1 rings (SSSR count). The largest absolute Gasteiger partial charge is 0.493 e. The summed E-state index contributed by atoms with van der Waals surface area (Å²) in [6.07, 6.45) is 0.729. The van der Waals surface area contributed by atoms with Crippen molar-refractivity contribution in [3.63, 3.8) is 0 Å². The van der Waals surface area contributed by atoms with Gasteiger partial charge in [0.05, 0.1) is 14.2 Å². The first-order valence-electron chi connectivity index (χ1n) is 7.54. The predicted molar refractivity (Wildman–Crippen MR) is 108 cm³/mol. The fraction of sp³-hybridized carbons (Fsp3) is 0.500. The zero-order chi connectivity index (χ0) is 17.2. The molecule has 0 atom stereocenters. The van der Waals surface area contributed by atoms with E-state index in [2.05, 4.69) is 15.6 Å². The summed E-state index contributed by atoms with van der Waals surface area (Å²) in [6, 6.07) is 5.40. The molecule has 0 spiro atoms. The van der Waals surface area contributed by atoms with Crippen LogP contribution in [0.5, 0.6) is 11.5 Å². The molecule has 8 heteroatoms. The van der Waals surface area contributed by atoms with E-state index in [0.29, 0.717) is 30.5 Å². The number of benzene rings is 1. The van der Waals surface area contributed by atoms with Crippen molar-refractivity contribution in [1.82, 2.24) is 5.32 Å². The van der Waals surface area contributed by atoms with E-state index in [4.69, 9.17) is 15.2 Å². The molecule has 1 amide bonds. The lowest BCUT2D eigenvalue weighted by atomic mass is 10.2. The number of hydrogen-bond donors (Lipinski definition) is 3. The van der Waals surface area contributed by atoms with Crippen LogP contribution in [0, 0.1) is 5.92 Å². The van der Waals surface area contributed by atoms with Gasteiger partial charge in [0.2, 0.25) is 5.91 Å². The van der Waals surface area contributed by atoms with Crippen molar-refractivity contribution in [2.45, 2.75) is 20.3 Å². The van der Waals surface area contributed by atoms with Gasteiger partial charge in [-0.3, -0.25) is 9.79 Å². The van der Waals surface area contributed by atoms with Gasteiger partial charge >= 0.3 is 0 Å². The second-order valence-corrected chi connectivity index (χ2v) is 5.26. The second-order valence-electron chi connectivity index (χ2n) is 5.26. The number of hydrogen-bond acceptors (Lipinski definition) is 4. The molecule has 0 aliphatic heterocycles. The monoisotopic (exact) mass is 450 g/mol. The van der Waals surface area contributed by atoms with Gasteiger partial charge in [0, 0.05) is 30.8 Å². The Hall–Kier alpha value is -1.71. The van der Waals surface area contributed by atoms with Crippen LogP contribution in [0.4, 0.5) is 5.69 Å². The summed E-state index contributed by atoms with van der Waals surface area (Å²) < 4.78 is 10.4. The van der Waals surface area contributed by atoms with Crippen LogP contribution in [0.1, 0.15) is 20.3 Å². The number of rotatable bonds is 8. The minimum Gasteiger partial charge on any atom is -0.493 e. The van der Waals surface area contributed by atoms with Crippen molar-refractivity contribution in [1.29, 1.82) is 0 Å². The van der Waals surface area contributed by atoms with Gasteiger partial charge in [0.1, 0.15) is 0 Å². The molecular weight excluding hydrogens is 423 g/mol. The zero-order valence-corrected chi connectivity index (χ0v) is 16.9. The van der Waals surface area contributed by atoms with E-state index in [1.165, 1.54) is 0 Å². The van der Waals surface area contributed by atoms with Crippen LogP contribution in [0.2, 0.25) is 0 Å². The highest BCUT2D eigenvalue weighted by atomic mass is 127. The van der Waals surface area contributed by atoms with E-state index < -0.39 is 0 Å². The summed E-state index contributed by atoms with van der Waals surface area (Å²) in [5.41, 5.74) is 6.60. The van der Waals surface area contributed by atoms with Crippen LogP contribution in [0.15, 0.2) is 23.2 Å². The predicted octanol–water partition coefficient (Wildman–Crippen LogP) is 2.21. The van der Waals surface area contributed by atoms with Crippen LogP contribution in [-0.4, -0.2) is 39.2 Å². The number of nitrogens with zero attached hydrogens (tertiary/aromatic N) is 1. The Balaban J connectivity index is 0.00000529. The minimum absolute atomic E-state index is 0. The normalized spacial score (nSPS) is 10.8. The number of anilines is 1. The molecule has 0 aliphatic carbocycles. The maximum Gasteiger partial charge on any atom is 0.222 e. The molecule has 0 saturated carbocycles. The van der Waals surface area contributed by atoms with Crippen LogP contribution in [0.25, 0.3) is 0 Å². The van der Waals surface area contributed by atoms with E-state index in [1.807, 2.05) is 19.9 Å². The summed E-state index contributed by atoms with van der Waals surface area (Å²) in [4.78, 5) is 15.6. The van der Waals surface area contributed by atoms with Gasteiger partial charge in [-0.2, -0.15) is 0 Å². The van der Waals surface area contributed by atoms with Crippen LogP contribution in [-0.2, 0) is 4.79 Å². The van der Waals surface area contributed by atoms with Gasteiger partial charge in [-0.1, -0.05) is 13.8 Å². The molecule has 7 nitrogen and oxygen atoms in total. The lowest BCUT2D eigenvalue weighted by Crippen LogP contribution is -2.29. The van der Waals surface area contributed by atoms with E-state index in [9.17, 15) is 4.79 Å². The summed E-state index contributed by atoms with van der Waals surface area (Å²) >= 11 is 0. The molecular formula is C16H27IN4O3. The number of nitrogens with two attached hydrogens (primary N) is 1. The summed E-state index contributed by atoms with van der Waals surface area (Å²) in [5, 5.41) is 5.82. The van der Waals surface area contributed by atoms with E-state index >= 15 is 0 Å². The van der Waals surface area contributed by atoms with Crippen molar-refractivity contribution in [3.05, 3.63) is 18.2 Å². The van der Waals surface area contributed by atoms with Gasteiger partial charge in [-0.15, -0.1) is 24.0 Å². The van der Waals surface area contributed by atoms with Gasteiger partial charge in [-0.25, -0.2) is 0 Å². The minimum atomic E-state index is -0.00436. The number of methoxy groups -OCH3 is 2. The SMILES string of the molecule is COc1ccc(NC(N)=NCCCNC(=O)C(C)C)cc1OC.I. The van der Waals surface area contributed by atoms with Crippen LogP contribution < -0.4 is 25.8 Å². The molecule has 1 aromatic rings. The standard InChI is InChI=1S/C16H26N4O3.HI/c1-11(2)15(21)18-8-5-9-19-16(17)20-12-6-7-13(22-3)14(10-12)23-4;/h6-7,10-11H,5,8-9H2,1-4H3,(H,18,21)(H3,17,19,20);1H. The van der Waals surface area contributed by atoms with Crippen molar-refractivity contribution < 1.29 is 14.3 Å². The van der Waals surface area contributed by atoms with Crippen molar-refractivity contribution in [2.24, 2.45) is 16.6 Å². The molecule has 0 unspecified atom stereocenters. The maximum absolute atomic E-state index is 11.4. The first-order chi connectivity index (χ1) is 11.0. The van der Waals surface area contributed by atoms with Gasteiger partial charge < -0.3 is 25.8 Å². The molecule has 1 aromatic carbocycles. The van der Waals surface area contributed by atoms with E-state index in [-0.39, 0.29) is 35.8 Å². The number of amides is 1. The molecule has 0 aromatic heterocycles. The van der Waals surface area contributed by atoms with Crippen LogP contribution >= 0.6 is 24.0 Å². The molecule has 4 N–H and O–H groups in total. The Morgan fingerprint density at radius 2 is 1.92 bits per heavy atom. The number of guanidine groups is 1. The third-order valence-electron chi connectivity index (χ3n) is 3.10. The number of nitrogens with one attached hydrogen (secondary N) is 2. The lowest BCUT2D eigenvalue weighted by molar-refractivity contribution is -0.123. The van der Waals surface area contributed by atoms with E-state index in [0.717, 1.165) is 12.1 Å². The Kier molecular flexibility index (Phi) is 10.9. The van der Waals surface area contributed by atoms with Crippen molar-refractivity contribution in [3.8, 4) is 11.5 Å². The molecule has 0 radical (unpaired) electrons. The van der Waals surface area contributed by atoms with Gasteiger partial charge in [0.25, 0.3) is 0 Å². The third kappa shape index (κ3) is 7.71. The lowest BCUT2D eigenvalue weighted by Gasteiger charge is -2.11. The highest BCUT2D eigenvalue weighted by Crippen LogP contribution is 2.29. The molecule has 24 heavy (non-hydrogen) atoms. The Morgan fingerprint density at radius 1 is 1.25 bits per heavy atom. The van der Waals surface area contributed by atoms with E-state index in [1.54, 1.807) is 26.4 Å². The summed E-state index contributed by atoms with van der Waals surface area (Å²) in [5.74, 6) is 1.62. The number of ether oxygens (including phenoxy) is 2. The summed E-state index contributed by atoms with van der Waals surface area (Å²) in [6.45, 7) is 4.84. The average molecular weight is 450 g/mol. The first-order valence-corrected chi connectivity index (χ1v) is 7.54. The van der Waals surface area contributed by atoms with Gasteiger partial charge in [-0.05, 0) is 18.6 Å². The maximum atomic E-state index is 11.4. The smallest absolute Gasteiger partial charge is 0.222 e. The Morgan fingerprint density at radius 3 is 2.50 bits per heavy atom. The Bertz CT molecular complexity index is 550. The quantitative estimate of drug-likeness (QED) is 0.244. The molecule has 0 aliphatic rings. The third-order valence-corrected chi connectivity index (χ3v) is 3.10. The fourth-order valence-electron chi connectivity index (χ4n) is 1.80.